The first-order valence-corrected chi connectivity index (χ1v) is 6.99. The summed E-state index contributed by atoms with van der Waals surface area (Å²) in [7, 11) is 0. The fourth-order valence-electron chi connectivity index (χ4n) is 2.48. The Morgan fingerprint density at radius 1 is 1.39 bits per heavy atom. The first-order valence-electron chi connectivity index (χ1n) is 6.99. The van der Waals surface area contributed by atoms with Crippen molar-refractivity contribution in [1.29, 1.82) is 0 Å². The van der Waals surface area contributed by atoms with Gasteiger partial charge in [-0.3, -0.25) is 0 Å². The largest absolute Gasteiger partial charge is 0.478 e. The number of nitrogens with one attached hydrogen (secondary N) is 1. The van der Waals surface area contributed by atoms with E-state index < -0.39 is 0 Å². The summed E-state index contributed by atoms with van der Waals surface area (Å²) in [6, 6.07) is 2.44. The Bertz CT molecular complexity index is 370. The second-order valence-electron chi connectivity index (χ2n) is 5.20. The number of aromatic nitrogens is 2. The van der Waals surface area contributed by atoms with Crippen molar-refractivity contribution in [2.45, 2.75) is 52.0 Å². The van der Waals surface area contributed by atoms with Gasteiger partial charge in [-0.25, -0.2) is 9.97 Å². The molecule has 1 heterocycles. The highest BCUT2D eigenvalue weighted by atomic mass is 16.5. The number of anilines is 1. The number of rotatable bonds is 5. The Kier molecular flexibility index (Phi) is 4.79. The van der Waals surface area contributed by atoms with E-state index in [-0.39, 0.29) is 0 Å². The highest BCUT2D eigenvalue weighted by molar-refractivity contribution is 5.38. The van der Waals surface area contributed by atoms with Crippen molar-refractivity contribution >= 4 is 5.82 Å². The summed E-state index contributed by atoms with van der Waals surface area (Å²) in [5.74, 6) is 2.36. The van der Waals surface area contributed by atoms with E-state index in [1.165, 1.54) is 25.7 Å². The van der Waals surface area contributed by atoms with Crippen LogP contribution in [0.15, 0.2) is 12.4 Å². The van der Waals surface area contributed by atoms with Crippen LogP contribution in [0.25, 0.3) is 0 Å². The summed E-state index contributed by atoms with van der Waals surface area (Å²) in [6.07, 6.45) is 7.69. The molecular formula is C14H23N3O. The molecule has 0 aromatic carbocycles. The molecule has 1 saturated carbocycles. The Hall–Kier alpha value is -1.32. The van der Waals surface area contributed by atoms with E-state index in [4.69, 9.17) is 4.74 Å². The minimum atomic E-state index is 0.544. The van der Waals surface area contributed by atoms with Gasteiger partial charge in [0.1, 0.15) is 12.1 Å². The average molecular weight is 249 g/mol. The second kappa shape index (κ2) is 6.57. The van der Waals surface area contributed by atoms with Gasteiger partial charge >= 0.3 is 0 Å². The molecule has 1 aliphatic carbocycles. The summed E-state index contributed by atoms with van der Waals surface area (Å²) in [4.78, 5) is 8.38. The maximum Gasteiger partial charge on any atom is 0.218 e. The molecule has 0 spiro atoms. The third kappa shape index (κ3) is 3.86. The van der Waals surface area contributed by atoms with E-state index in [1.807, 2.05) is 6.07 Å². The van der Waals surface area contributed by atoms with Gasteiger partial charge in [0.15, 0.2) is 0 Å². The quantitative estimate of drug-likeness (QED) is 0.870. The van der Waals surface area contributed by atoms with Gasteiger partial charge in [0.05, 0.1) is 6.61 Å². The molecular weight excluding hydrogens is 226 g/mol. The SMILES string of the molecule is CCCOc1cc(NC2CCCC(C)C2)ncn1. The zero-order valence-electron chi connectivity index (χ0n) is 11.4. The van der Waals surface area contributed by atoms with Crippen LogP contribution >= 0.6 is 0 Å². The van der Waals surface area contributed by atoms with Gasteiger partial charge in [-0.2, -0.15) is 0 Å². The molecule has 1 aromatic rings. The van der Waals surface area contributed by atoms with Crippen molar-refractivity contribution in [2.24, 2.45) is 5.92 Å². The van der Waals surface area contributed by atoms with Crippen molar-refractivity contribution in [1.82, 2.24) is 9.97 Å². The van der Waals surface area contributed by atoms with Crippen molar-refractivity contribution in [2.75, 3.05) is 11.9 Å². The van der Waals surface area contributed by atoms with Crippen molar-refractivity contribution in [3.63, 3.8) is 0 Å². The fraction of sp³-hybridized carbons (Fsp3) is 0.714. The lowest BCUT2D eigenvalue weighted by Crippen LogP contribution is -2.26. The van der Waals surface area contributed by atoms with Crippen LogP contribution in [0.1, 0.15) is 46.0 Å². The smallest absolute Gasteiger partial charge is 0.218 e. The minimum absolute atomic E-state index is 0.544. The fourth-order valence-corrected chi connectivity index (χ4v) is 2.48. The Labute approximate surface area is 109 Å². The Morgan fingerprint density at radius 3 is 3.06 bits per heavy atom. The van der Waals surface area contributed by atoms with Crippen LogP contribution in [0.4, 0.5) is 5.82 Å². The van der Waals surface area contributed by atoms with Gasteiger partial charge < -0.3 is 10.1 Å². The van der Waals surface area contributed by atoms with Gasteiger partial charge in [0, 0.05) is 12.1 Å². The van der Waals surface area contributed by atoms with E-state index >= 15 is 0 Å². The minimum Gasteiger partial charge on any atom is -0.478 e. The molecule has 1 fully saturated rings. The molecule has 2 unspecified atom stereocenters. The van der Waals surface area contributed by atoms with Gasteiger partial charge in [0.2, 0.25) is 5.88 Å². The third-order valence-corrected chi connectivity index (χ3v) is 3.38. The Balaban J connectivity index is 1.91. The summed E-state index contributed by atoms with van der Waals surface area (Å²) in [5.41, 5.74) is 0. The monoisotopic (exact) mass is 249 g/mol. The normalized spacial score (nSPS) is 23.7. The van der Waals surface area contributed by atoms with Gasteiger partial charge in [-0.05, 0) is 25.2 Å². The number of nitrogens with zero attached hydrogens (tertiary/aromatic N) is 2. The van der Waals surface area contributed by atoms with Crippen LogP contribution < -0.4 is 10.1 Å². The van der Waals surface area contributed by atoms with Crippen LogP contribution in [0.2, 0.25) is 0 Å². The van der Waals surface area contributed by atoms with Gasteiger partial charge in [-0.15, -0.1) is 0 Å². The first kappa shape index (κ1) is 13.1. The van der Waals surface area contributed by atoms with E-state index in [9.17, 15) is 0 Å². The predicted molar refractivity (Wildman–Crippen MR) is 72.9 cm³/mol. The molecule has 1 aliphatic rings. The standard InChI is InChI=1S/C14H23N3O/c1-3-7-18-14-9-13(15-10-16-14)17-12-6-4-5-11(2)8-12/h9-12H,3-8H2,1-2H3,(H,15,16,17). The lowest BCUT2D eigenvalue weighted by Gasteiger charge is -2.27. The van der Waals surface area contributed by atoms with Crippen molar-refractivity contribution in [3.8, 4) is 5.88 Å². The summed E-state index contributed by atoms with van der Waals surface area (Å²) >= 11 is 0. The molecule has 0 saturated heterocycles. The van der Waals surface area contributed by atoms with E-state index in [0.717, 1.165) is 18.2 Å². The van der Waals surface area contributed by atoms with Crippen molar-refractivity contribution < 1.29 is 4.74 Å². The van der Waals surface area contributed by atoms with Gasteiger partial charge in [0.25, 0.3) is 0 Å². The molecule has 0 radical (unpaired) electrons. The molecule has 1 aromatic heterocycles. The zero-order chi connectivity index (χ0) is 12.8. The summed E-state index contributed by atoms with van der Waals surface area (Å²) in [5, 5.41) is 3.50. The highest BCUT2D eigenvalue weighted by Crippen LogP contribution is 2.26. The molecule has 1 N–H and O–H groups in total. The average Bonchev–Trinajstić information content (AvgIpc) is 2.37. The molecule has 0 amide bonds. The van der Waals surface area contributed by atoms with Crippen LogP contribution in [-0.2, 0) is 0 Å². The number of hydrogen-bond acceptors (Lipinski definition) is 4. The molecule has 2 atom stereocenters. The Morgan fingerprint density at radius 2 is 2.28 bits per heavy atom. The molecule has 0 bridgehead atoms. The molecule has 4 heteroatoms. The van der Waals surface area contributed by atoms with Crippen LogP contribution in [-0.4, -0.2) is 22.6 Å². The number of ether oxygens (including phenoxy) is 1. The van der Waals surface area contributed by atoms with E-state index in [0.29, 0.717) is 18.5 Å². The lowest BCUT2D eigenvalue weighted by molar-refractivity contribution is 0.304. The zero-order valence-corrected chi connectivity index (χ0v) is 11.4. The molecule has 2 rings (SSSR count). The van der Waals surface area contributed by atoms with E-state index in [1.54, 1.807) is 6.33 Å². The van der Waals surface area contributed by atoms with Crippen LogP contribution in [0, 0.1) is 5.92 Å². The van der Waals surface area contributed by atoms with Gasteiger partial charge in [-0.1, -0.05) is 26.7 Å². The highest BCUT2D eigenvalue weighted by Gasteiger charge is 2.18. The second-order valence-corrected chi connectivity index (χ2v) is 5.20. The summed E-state index contributed by atoms with van der Waals surface area (Å²) < 4.78 is 5.51. The predicted octanol–water partition coefficient (Wildman–Crippen LogP) is 3.26. The van der Waals surface area contributed by atoms with Crippen LogP contribution in [0.3, 0.4) is 0 Å². The molecule has 18 heavy (non-hydrogen) atoms. The molecule has 4 nitrogen and oxygen atoms in total. The topological polar surface area (TPSA) is 47.0 Å². The van der Waals surface area contributed by atoms with Crippen LogP contribution in [0.5, 0.6) is 5.88 Å². The van der Waals surface area contributed by atoms with E-state index in [2.05, 4.69) is 29.1 Å². The lowest BCUT2D eigenvalue weighted by atomic mass is 9.87. The maximum atomic E-state index is 5.51. The third-order valence-electron chi connectivity index (χ3n) is 3.38. The molecule has 100 valence electrons. The number of hydrogen-bond donors (Lipinski definition) is 1. The first-order chi connectivity index (χ1) is 8.78. The van der Waals surface area contributed by atoms with Crippen molar-refractivity contribution in [3.05, 3.63) is 12.4 Å². The molecule has 0 aliphatic heterocycles. The summed E-state index contributed by atoms with van der Waals surface area (Å²) in [6.45, 7) is 5.12. The maximum absolute atomic E-state index is 5.51.